The summed E-state index contributed by atoms with van der Waals surface area (Å²) in [6.45, 7) is 0. The summed E-state index contributed by atoms with van der Waals surface area (Å²) in [6.07, 6.45) is 0.283. The van der Waals surface area contributed by atoms with Crippen molar-refractivity contribution < 1.29 is 14.7 Å². The van der Waals surface area contributed by atoms with Crippen LogP contribution in [-0.4, -0.2) is 27.0 Å². The average molecular weight is 258 g/mol. The van der Waals surface area contributed by atoms with Crippen molar-refractivity contribution >= 4 is 23.5 Å². The number of H-pyrrole nitrogens is 1. The number of anilines is 2. The number of aromatic carboxylic acids is 1. The number of aromatic nitrogens is 2. The van der Waals surface area contributed by atoms with Crippen molar-refractivity contribution in [3.05, 3.63) is 29.5 Å². The molecular weight excluding hydrogens is 248 g/mol. The second-order valence-electron chi connectivity index (χ2n) is 4.25. The van der Waals surface area contributed by atoms with E-state index in [1.165, 1.54) is 0 Å². The zero-order valence-corrected chi connectivity index (χ0v) is 9.73. The lowest BCUT2D eigenvalue weighted by molar-refractivity contribution is -0.115. The SMILES string of the molecule is Nc1nc(-c2ccc3c(c2)CC(=O)N3)c(C(=O)O)[nH]1. The Balaban J connectivity index is 2.11. The van der Waals surface area contributed by atoms with E-state index in [0.29, 0.717) is 5.56 Å². The highest BCUT2D eigenvalue weighted by Gasteiger charge is 2.21. The van der Waals surface area contributed by atoms with E-state index in [2.05, 4.69) is 15.3 Å². The van der Waals surface area contributed by atoms with Gasteiger partial charge in [-0.05, 0) is 17.7 Å². The van der Waals surface area contributed by atoms with E-state index in [0.717, 1.165) is 11.3 Å². The van der Waals surface area contributed by atoms with Crippen LogP contribution in [0.25, 0.3) is 11.3 Å². The summed E-state index contributed by atoms with van der Waals surface area (Å²) >= 11 is 0. The molecule has 7 heteroatoms. The maximum absolute atomic E-state index is 11.3. The van der Waals surface area contributed by atoms with Gasteiger partial charge < -0.3 is 21.1 Å². The van der Waals surface area contributed by atoms with Crippen LogP contribution in [-0.2, 0) is 11.2 Å². The Kier molecular flexibility index (Phi) is 2.28. The molecule has 7 nitrogen and oxygen atoms in total. The number of nitrogens with two attached hydrogens (primary N) is 1. The van der Waals surface area contributed by atoms with Gasteiger partial charge >= 0.3 is 5.97 Å². The van der Waals surface area contributed by atoms with Gasteiger partial charge in [0, 0.05) is 11.3 Å². The third-order valence-corrected chi connectivity index (χ3v) is 2.94. The Morgan fingerprint density at radius 1 is 1.42 bits per heavy atom. The van der Waals surface area contributed by atoms with Gasteiger partial charge in [0.05, 0.1) is 6.42 Å². The fourth-order valence-corrected chi connectivity index (χ4v) is 2.13. The van der Waals surface area contributed by atoms with Gasteiger partial charge in [0.25, 0.3) is 0 Å². The summed E-state index contributed by atoms with van der Waals surface area (Å²) in [5.41, 5.74) is 7.88. The number of hydrogen-bond donors (Lipinski definition) is 4. The second kappa shape index (κ2) is 3.84. The molecule has 0 unspecified atom stereocenters. The Morgan fingerprint density at radius 2 is 2.21 bits per heavy atom. The fraction of sp³-hybridized carbons (Fsp3) is 0.0833. The number of nitrogens with one attached hydrogen (secondary N) is 2. The third kappa shape index (κ3) is 1.81. The predicted molar refractivity (Wildman–Crippen MR) is 67.7 cm³/mol. The summed E-state index contributed by atoms with van der Waals surface area (Å²) in [5.74, 6) is -1.16. The maximum atomic E-state index is 11.3. The minimum absolute atomic E-state index is 0.0436. The Bertz CT molecular complexity index is 705. The zero-order chi connectivity index (χ0) is 13.6. The number of benzene rings is 1. The van der Waals surface area contributed by atoms with Gasteiger partial charge in [-0.25, -0.2) is 9.78 Å². The number of rotatable bonds is 2. The minimum Gasteiger partial charge on any atom is -0.477 e. The van der Waals surface area contributed by atoms with E-state index in [-0.39, 0.29) is 29.7 Å². The Morgan fingerprint density at radius 3 is 2.95 bits per heavy atom. The molecule has 0 aliphatic carbocycles. The van der Waals surface area contributed by atoms with E-state index in [4.69, 9.17) is 10.8 Å². The van der Waals surface area contributed by atoms with Crippen molar-refractivity contribution in [1.29, 1.82) is 0 Å². The molecule has 2 aromatic rings. The number of amides is 1. The lowest BCUT2D eigenvalue weighted by Crippen LogP contribution is -2.03. The minimum atomic E-state index is -1.13. The first-order chi connectivity index (χ1) is 9.04. The molecule has 0 bridgehead atoms. The molecule has 3 rings (SSSR count). The van der Waals surface area contributed by atoms with Gasteiger partial charge in [-0.3, -0.25) is 4.79 Å². The summed E-state index contributed by atoms with van der Waals surface area (Å²) in [5, 5.41) is 11.8. The number of aromatic amines is 1. The normalized spacial score (nSPS) is 13.2. The van der Waals surface area contributed by atoms with Crippen LogP contribution in [0.3, 0.4) is 0 Å². The third-order valence-electron chi connectivity index (χ3n) is 2.94. The van der Waals surface area contributed by atoms with E-state index < -0.39 is 5.97 Å². The number of fused-ring (bicyclic) bond motifs is 1. The van der Waals surface area contributed by atoms with Crippen molar-refractivity contribution in [3.63, 3.8) is 0 Å². The average Bonchev–Trinajstić information content (AvgIpc) is 2.89. The number of carbonyl (C=O) groups excluding carboxylic acids is 1. The van der Waals surface area contributed by atoms with Gasteiger partial charge in [-0.2, -0.15) is 0 Å². The molecular formula is C12H10N4O3. The number of carbonyl (C=O) groups is 2. The number of hydrogen-bond acceptors (Lipinski definition) is 4. The Hall–Kier alpha value is -2.83. The molecule has 1 aromatic heterocycles. The molecule has 0 atom stereocenters. The Labute approximate surface area is 107 Å². The van der Waals surface area contributed by atoms with Crippen LogP contribution >= 0.6 is 0 Å². The van der Waals surface area contributed by atoms with Gasteiger partial charge in [0.1, 0.15) is 5.69 Å². The molecule has 0 fully saturated rings. The number of nitrogens with zero attached hydrogens (tertiary/aromatic N) is 1. The second-order valence-corrected chi connectivity index (χ2v) is 4.25. The highest BCUT2D eigenvalue weighted by molar-refractivity contribution is 6.00. The summed E-state index contributed by atoms with van der Waals surface area (Å²) in [6, 6.07) is 5.17. The largest absolute Gasteiger partial charge is 0.477 e. The van der Waals surface area contributed by atoms with E-state index in [1.54, 1.807) is 18.2 Å². The number of nitrogen functional groups attached to an aromatic ring is 1. The molecule has 0 spiro atoms. The molecule has 1 aliphatic rings. The molecule has 0 radical (unpaired) electrons. The van der Waals surface area contributed by atoms with Gasteiger partial charge in [0.15, 0.2) is 11.6 Å². The first kappa shape index (κ1) is 11.3. The molecule has 1 aliphatic heterocycles. The fourth-order valence-electron chi connectivity index (χ4n) is 2.13. The van der Waals surface area contributed by atoms with Crippen LogP contribution < -0.4 is 11.1 Å². The number of carboxylic acid groups (broad SMARTS) is 1. The molecule has 2 heterocycles. The summed E-state index contributed by atoms with van der Waals surface area (Å²) in [7, 11) is 0. The van der Waals surface area contributed by atoms with Crippen LogP contribution in [0.4, 0.5) is 11.6 Å². The standard InChI is InChI=1S/C12H10N4O3/c13-12-15-9(10(16-12)11(18)19)5-1-2-7-6(3-5)4-8(17)14-7/h1-3H,4H2,(H,14,17)(H,18,19)(H3,13,15,16). The lowest BCUT2D eigenvalue weighted by Gasteiger charge is -2.02. The predicted octanol–water partition coefficient (Wildman–Crippen LogP) is 0.852. The number of imidazole rings is 1. The van der Waals surface area contributed by atoms with E-state index >= 15 is 0 Å². The summed E-state index contributed by atoms with van der Waals surface area (Å²) < 4.78 is 0. The molecule has 0 saturated carbocycles. The van der Waals surface area contributed by atoms with Crippen molar-refractivity contribution in [1.82, 2.24) is 9.97 Å². The van der Waals surface area contributed by atoms with Crippen LogP contribution in [0, 0.1) is 0 Å². The van der Waals surface area contributed by atoms with Crippen LogP contribution in [0.15, 0.2) is 18.2 Å². The maximum Gasteiger partial charge on any atom is 0.354 e. The molecule has 1 amide bonds. The summed E-state index contributed by atoms with van der Waals surface area (Å²) in [4.78, 5) is 28.9. The van der Waals surface area contributed by atoms with Crippen molar-refractivity contribution in [3.8, 4) is 11.3 Å². The molecule has 1 aromatic carbocycles. The first-order valence-corrected chi connectivity index (χ1v) is 5.56. The van der Waals surface area contributed by atoms with Crippen LogP contribution in [0.2, 0.25) is 0 Å². The van der Waals surface area contributed by atoms with Crippen molar-refractivity contribution in [2.75, 3.05) is 11.1 Å². The van der Waals surface area contributed by atoms with E-state index in [1.807, 2.05) is 0 Å². The highest BCUT2D eigenvalue weighted by atomic mass is 16.4. The highest BCUT2D eigenvalue weighted by Crippen LogP contribution is 2.30. The zero-order valence-electron chi connectivity index (χ0n) is 9.73. The van der Waals surface area contributed by atoms with Crippen molar-refractivity contribution in [2.45, 2.75) is 6.42 Å². The molecule has 19 heavy (non-hydrogen) atoms. The smallest absolute Gasteiger partial charge is 0.354 e. The van der Waals surface area contributed by atoms with Gasteiger partial charge in [0.2, 0.25) is 5.91 Å². The van der Waals surface area contributed by atoms with Crippen molar-refractivity contribution in [2.24, 2.45) is 0 Å². The van der Waals surface area contributed by atoms with Crippen LogP contribution in [0.5, 0.6) is 0 Å². The van der Waals surface area contributed by atoms with Gasteiger partial charge in [-0.15, -0.1) is 0 Å². The topological polar surface area (TPSA) is 121 Å². The molecule has 96 valence electrons. The van der Waals surface area contributed by atoms with Gasteiger partial charge in [-0.1, -0.05) is 6.07 Å². The molecule has 5 N–H and O–H groups in total. The quantitative estimate of drug-likeness (QED) is 0.636. The van der Waals surface area contributed by atoms with E-state index in [9.17, 15) is 9.59 Å². The monoisotopic (exact) mass is 258 g/mol. The number of carboxylic acids is 1. The lowest BCUT2D eigenvalue weighted by atomic mass is 10.0. The van der Waals surface area contributed by atoms with Crippen LogP contribution in [0.1, 0.15) is 16.1 Å². The first-order valence-electron chi connectivity index (χ1n) is 5.56. The molecule has 0 saturated heterocycles.